The van der Waals surface area contributed by atoms with Crippen LogP contribution < -0.4 is 0 Å². The molecular weight excluding hydrogens is 342 g/mol. The fourth-order valence-electron chi connectivity index (χ4n) is 2.51. The van der Waals surface area contributed by atoms with Gasteiger partial charge in [-0.05, 0) is 17.7 Å². The summed E-state index contributed by atoms with van der Waals surface area (Å²) < 4.78 is 28.3. The zero-order chi connectivity index (χ0) is 18.0. The predicted molar refractivity (Wildman–Crippen MR) is 91.0 cm³/mol. The van der Waals surface area contributed by atoms with Crippen LogP contribution in [0.1, 0.15) is 17.2 Å². The number of hydrogen-bond acceptors (Lipinski definition) is 5. The third kappa shape index (κ3) is 3.61. The molecule has 3 aromatic rings. The summed E-state index contributed by atoms with van der Waals surface area (Å²) in [4.78, 5) is 11.8. The zero-order valence-electron chi connectivity index (χ0n) is 13.3. The number of rotatable bonds is 5. The molecule has 1 atom stereocenters. The Morgan fingerprint density at radius 2 is 1.72 bits per heavy atom. The van der Waals surface area contributed by atoms with Crippen molar-refractivity contribution in [3.63, 3.8) is 0 Å². The Labute approximate surface area is 144 Å². The van der Waals surface area contributed by atoms with Crippen molar-refractivity contribution in [3.05, 3.63) is 72.0 Å². The number of hydrogen-bond donors (Lipinski definition) is 1. The highest BCUT2D eigenvalue weighted by Gasteiger charge is 2.27. The van der Waals surface area contributed by atoms with Gasteiger partial charge in [0.05, 0.1) is 4.90 Å². The maximum absolute atomic E-state index is 11.7. The van der Waals surface area contributed by atoms with Gasteiger partial charge in [0.2, 0.25) is 0 Å². The lowest BCUT2D eigenvalue weighted by atomic mass is 9.96. The lowest BCUT2D eigenvalue weighted by molar-refractivity contribution is -0.138. The van der Waals surface area contributed by atoms with Gasteiger partial charge in [-0.25, -0.2) is 8.42 Å². The van der Waals surface area contributed by atoms with Crippen LogP contribution in [-0.2, 0) is 14.6 Å². The Morgan fingerprint density at radius 3 is 2.28 bits per heavy atom. The van der Waals surface area contributed by atoms with Crippen LogP contribution in [0.2, 0.25) is 0 Å². The maximum Gasteiger partial charge on any atom is 0.318 e. The van der Waals surface area contributed by atoms with Crippen molar-refractivity contribution in [2.75, 3.05) is 6.26 Å². The van der Waals surface area contributed by atoms with Crippen molar-refractivity contribution >= 4 is 15.8 Å². The van der Waals surface area contributed by atoms with Gasteiger partial charge in [0.1, 0.15) is 11.6 Å². The molecule has 7 heteroatoms. The summed E-state index contributed by atoms with van der Waals surface area (Å²) in [5.74, 6) is -2.00. The molecule has 0 bridgehead atoms. The van der Waals surface area contributed by atoms with E-state index in [0.29, 0.717) is 11.3 Å². The number of sulfone groups is 1. The van der Waals surface area contributed by atoms with Crippen molar-refractivity contribution in [2.45, 2.75) is 10.8 Å². The SMILES string of the molecule is CS(=O)(=O)c1ccc(C(C(=O)O)c2cc(-c3ccccc3)no2)cc1. The summed E-state index contributed by atoms with van der Waals surface area (Å²) in [5.41, 5.74) is 1.76. The van der Waals surface area contributed by atoms with Gasteiger partial charge >= 0.3 is 5.97 Å². The summed E-state index contributed by atoms with van der Waals surface area (Å²) in [6.45, 7) is 0. The summed E-state index contributed by atoms with van der Waals surface area (Å²) in [6, 6.07) is 16.6. The Bertz CT molecular complexity index is 991. The molecule has 0 saturated heterocycles. The first-order chi connectivity index (χ1) is 11.9. The zero-order valence-corrected chi connectivity index (χ0v) is 14.1. The number of nitrogens with zero attached hydrogens (tertiary/aromatic N) is 1. The summed E-state index contributed by atoms with van der Waals surface area (Å²) in [5, 5.41) is 13.5. The van der Waals surface area contributed by atoms with E-state index >= 15 is 0 Å². The van der Waals surface area contributed by atoms with E-state index in [1.54, 1.807) is 6.07 Å². The minimum absolute atomic E-state index is 0.128. The highest BCUT2D eigenvalue weighted by Crippen LogP contribution is 2.29. The predicted octanol–water partition coefficient (Wildman–Crippen LogP) is 2.96. The highest BCUT2D eigenvalue weighted by molar-refractivity contribution is 7.90. The van der Waals surface area contributed by atoms with E-state index < -0.39 is 21.7 Å². The average Bonchev–Trinajstić information content (AvgIpc) is 3.05. The molecule has 2 aromatic carbocycles. The van der Waals surface area contributed by atoms with Gasteiger partial charge in [0.15, 0.2) is 15.6 Å². The van der Waals surface area contributed by atoms with E-state index in [1.165, 1.54) is 24.3 Å². The van der Waals surface area contributed by atoms with Gasteiger partial charge < -0.3 is 9.63 Å². The molecule has 0 spiro atoms. The van der Waals surface area contributed by atoms with Gasteiger partial charge in [-0.1, -0.05) is 47.6 Å². The number of aliphatic carboxylic acids is 1. The highest BCUT2D eigenvalue weighted by atomic mass is 32.2. The quantitative estimate of drug-likeness (QED) is 0.754. The molecule has 0 fully saturated rings. The van der Waals surface area contributed by atoms with Gasteiger partial charge in [-0.3, -0.25) is 4.79 Å². The smallest absolute Gasteiger partial charge is 0.318 e. The fraction of sp³-hybridized carbons (Fsp3) is 0.111. The summed E-state index contributed by atoms with van der Waals surface area (Å²) in [6.07, 6.45) is 1.10. The average molecular weight is 357 g/mol. The van der Waals surface area contributed by atoms with Crippen LogP contribution in [0.5, 0.6) is 0 Å². The van der Waals surface area contributed by atoms with Crippen LogP contribution >= 0.6 is 0 Å². The number of aromatic nitrogens is 1. The molecule has 1 N–H and O–H groups in total. The van der Waals surface area contributed by atoms with Crippen LogP contribution in [0.25, 0.3) is 11.3 Å². The largest absolute Gasteiger partial charge is 0.480 e. The molecule has 1 heterocycles. The van der Waals surface area contributed by atoms with Crippen LogP contribution in [0.3, 0.4) is 0 Å². The monoisotopic (exact) mass is 357 g/mol. The lowest BCUT2D eigenvalue weighted by Gasteiger charge is -2.09. The van der Waals surface area contributed by atoms with E-state index in [4.69, 9.17) is 4.52 Å². The number of carboxylic acid groups (broad SMARTS) is 1. The van der Waals surface area contributed by atoms with Gasteiger partial charge in [-0.15, -0.1) is 0 Å². The second-order valence-corrected chi connectivity index (χ2v) is 7.61. The molecule has 3 rings (SSSR count). The first-order valence-corrected chi connectivity index (χ1v) is 9.30. The molecule has 0 saturated carbocycles. The van der Waals surface area contributed by atoms with E-state index in [-0.39, 0.29) is 10.7 Å². The van der Waals surface area contributed by atoms with Crippen molar-refractivity contribution in [1.29, 1.82) is 0 Å². The summed E-state index contributed by atoms with van der Waals surface area (Å²) >= 11 is 0. The molecule has 0 aliphatic heterocycles. The molecule has 1 unspecified atom stereocenters. The van der Waals surface area contributed by atoms with E-state index in [1.807, 2.05) is 30.3 Å². The normalized spacial score (nSPS) is 12.7. The molecular formula is C18H15NO5S. The van der Waals surface area contributed by atoms with Gasteiger partial charge in [0.25, 0.3) is 0 Å². The Hall–Kier alpha value is -2.93. The van der Waals surface area contributed by atoms with Crippen molar-refractivity contribution in [1.82, 2.24) is 5.16 Å². The first kappa shape index (κ1) is 16.9. The minimum atomic E-state index is -3.35. The second kappa shape index (κ2) is 6.52. The minimum Gasteiger partial charge on any atom is -0.480 e. The first-order valence-electron chi connectivity index (χ1n) is 7.41. The van der Waals surface area contributed by atoms with Crippen LogP contribution in [0.15, 0.2) is 70.1 Å². The third-order valence-electron chi connectivity index (χ3n) is 3.77. The topological polar surface area (TPSA) is 97.5 Å². The maximum atomic E-state index is 11.7. The van der Waals surface area contributed by atoms with E-state index in [2.05, 4.69) is 5.16 Å². The molecule has 0 radical (unpaired) electrons. The molecule has 6 nitrogen and oxygen atoms in total. The molecule has 25 heavy (non-hydrogen) atoms. The van der Waals surface area contributed by atoms with Gasteiger partial charge in [0, 0.05) is 17.9 Å². The lowest BCUT2D eigenvalue weighted by Crippen LogP contribution is -2.12. The molecule has 0 amide bonds. The molecule has 1 aromatic heterocycles. The molecule has 0 aliphatic carbocycles. The van der Waals surface area contributed by atoms with Crippen molar-refractivity contribution < 1.29 is 22.8 Å². The molecule has 0 aliphatic rings. The Morgan fingerprint density at radius 1 is 1.08 bits per heavy atom. The Balaban J connectivity index is 1.97. The van der Waals surface area contributed by atoms with Crippen LogP contribution in [0, 0.1) is 0 Å². The van der Waals surface area contributed by atoms with Gasteiger partial charge in [-0.2, -0.15) is 0 Å². The van der Waals surface area contributed by atoms with E-state index in [0.717, 1.165) is 11.8 Å². The van der Waals surface area contributed by atoms with E-state index in [9.17, 15) is 18.3 Å². The number of benzene rings is 2. The molecule has 128 valence electrons. The standard InChI is InChI=1S/C18H15NO5S/c1-25(22,23)14-9-7-13(8-10-14)17(18(20)21)16-11-15(19-24-16)12-5-3-2-4-6-12/h2-11,17H,1H3,(H,20,21). The third-order valence-corrected chi connectivity index (χ3v) is 4.90. The fourth-order valence-corrected chi connectivity index (χ4v) is 3.14. The van der Waals surface area contributed by atoms with Crippen LogP contribution in [0.4, 0.5) is 0 Å². The summed E-state index contributed by atoms with van der Waals surface area (Å²) in [7, 11) is -3.35. The van der Waals surface area contributed by atoms with Crippen molar-refractivity contribution in [3.8, 4) is 11.3 Å². The Kier molecular flexibility index (Phi) is 4.41. The van der Waals surface area contributed by atoms with Crippen LogP contribution in [-0.4, -0.2) is 30.9 Å². The van der Waals surface area contributed by atoms with Crippen molar-refractivity contribution in [2.24, 2.45) is 0 Å². The number of carboxylic acids is 1. The second-order valence-electron chi connectivity index (χ2n) is 5.59. The number of carbonyl (C=O) groups is 1.